The molecule has 0 aromatic carbocycles. The summed E-state index contributed by atoms with van der Waals surface area (Å²) in [6, 6.07) is 5.18. The van der Waals surface area contributed by atoms with Gasteiger partial charge in [-0.3, -0.25) is 4.79 Å². The Balaban J connectivity index is 1.67. The number of nitrogens with one attached hydrogen (secondary N) is 1. The average molecular weight is 348 g/mol. The number of hydrogen-bond acceptors (Lipinski definition) is 4. The van der Waals surface area contributed by atoms with Gasteiger partial charge in [-0.1, -0.05) is 23.2 Å². The molecule has 0 unspecified atom stereocenters. The lowest BCUT2D eigenvalue weighted by molar-refractivity contribution is -0.121. The maximum absolute atomic E-state index is 11.7. The molecule has 1 atom stereocenters. The summed E-state index contributed by atoms with van der Waals surface area (Å²) in [5, 5.41) is 12.4. The molecule has 2 aromatic heterocycles. The number of rotatable bonds is 7. The fourth-order valence-electron chi connectivity index (χ4n) is 1.86. The molecule has 2 rings (SSSR count). The van der Waals surface area contributed by atoms with Crippen LogP contribution in [0.15, 0.2) is 28.9 Å². The molecule has 2 N–H and O–H groups in total. The highest BCUT2D eigenvalue weighted by Gasteiger charge is 2.12. The van der Waals surface area contributed by atoms with E-state index in [4.69, 9.17) is 27.6 Å². The molecule has 0 spiro atoms. The molecule has 4 nitrogen and oxygen atoms in total. The number of thiophene rings is 1. The van der Waals surface area contributed by atoms with Crippen LogP contribution in [0.25, 0.3) is 0 Å². The third-order valence-electron chi connectivity index (χ3n) is 2.94. The van der Waals surface area contributed by atoms with E-state index in [0.29, 0.717) is 33.7 Å². The zero-order valence-corrected chi connectivity index (χ0v) is 13.5. The van der Waals surface area contributed by atoms with Gasteiger partial charge in [-0.2, -0.15) is 0 Å². The van der Waals surface area contributed by atoms with E-state index >= 15 is 0 Å². The number of aryl methyl sites for hydroxylation is 1. The number of carbonyl (C=O) groups is 1. The zero-order chi connectivity index (χ0) is 15.2. The molecule has 0 aliphatic carbocycles. The van der Waals surface area contributed by atoms with Gasteiger partial charge in [0, 0.05) is 6.42 Å². The number of hydrogen-bond donors (Lipinski definition) is 2. The smallest absolute Gasteiger partial charge is 0.220 e. The number of aliphatic hydroxyl groups is 1. The van der Waals surface area contributed by atoms with Gasteiger partial charge in [-0.25, -0.2) is 0 Å². The van der Waals surface area contributed by atoms with E-state index in [1.807, 2.05) is 6.07 Å². The second kappa shape index (κ2) is 7.84. The molecule has 2 aromatic rings. The van der Waals surface area contributed by atoms with E-state index in [0.717, 1.165) is 5.56 Å². The average Bonchev–Trinajstić information content (AvgIpc) is 3.06. The predicted octanol–water partition coefficient (Wildman–Crippen LogP) is 3.82. The van der Waals surface area contributed by atoms with E-state index in [9.17, 15) is 9.90 Å². The van der Waals surface area contributed by atoms with Crippen molar-refractivity contribution in [2.24, 2.45) is 0 Å². The molecule has 0 fully saturated rings. The lowest BCUT2D eigenvalue weighted by Crippen LogP contribution is -2.28. The molecule has 0 saturated carbocycles. The summed E-state index contributed by atoms with van der Waals surface area (Å²) in [7, 11) is 0. The van der Waals surface area contributed by atoms with Crippen molar-refractivity contribution in [3.8, 4) is 0 Å². The number of aliphatic hydroxyl groups excluding tert-OH is 1. The van der Waals surface area contributed by atoms with E-state index in [1.165, 1.54) is 17.6 Å². The molecule has 2 heterocycles. The third-order valence-corrected chi connectivity index (χ3v) is 4.51. The molecule has 0 aliphatic rings. The van der Waals surface area contributed by atoms with Crippen LogP contribution in [0.4, 0.5) is 0 Å². The van der Waals surface area contributed by atoms with Gasteiger partial charge < -0.3 is 14.8 Å². The van der Waals surface area contributed by atoms with Gasteiger partial charge in [-0.15, -0.1) is 11.3 Å². The Hall–Kier alpha value is -1.01. The molecule has 1 amide bonds. The second-order valence-corrected chi connectivity index (χ2v) is 6.82. The van der Waals surface area contributed by atoms with Gasteiger partial charge in [0.05, 0.1) is 21.5 Å². The highest BCUT2D eigenvalue weighted by atomic mass is 35.5. The van der Waals surface area contributed by atoms with E-state index in [-0.39, 0.29) is 12.5 Å². The summed E-state index contributed by atoms with van der Waals surface area (Å²) in [5.74, 6) is 0.327. The van der Waals surface area contributed by atoms with Crippen molar-refractivity contribution in [3.05, 3.63) is 44.5 Å². The summed E-state index contributed by atoms with van der Waals surface area (Å²) in [6.45, 7) is 0.136. The number of carbonyl (C=O) groups excluding carboxylic acids is 1. The second-order valence-electron chi connectivity index (χ2n) is 4.54. The van der Waals surface area contributed by atoms with E-state index in [1.54, 1.807) is 12.1 Å². The van der Waals surface area contributed by atoms with Crippen LogP contribution in [-0.2, 0) is 11.2 Å². The highest BCUT2D eigenvalue weighted by Crippen LogP contribution is 2.31. The van der Waals surface area contributed by atoms with Gasteiger partial charge in [0.1, 0.15) is 11.9 Å². The fraction of sp³-hybridized carbons (Fsp3) is 0.357. The Bertz CT molecular complexity index is 583. The van der Waals surface area contributed by atoms with Crippen LogP contribution in [0.3, 0.4) is 0 Å². The lowest BCUT2D eigenvalue weighted by atomic mass is 10.1. The van der Waals surface area contributed by atoms with Crippen molar-refractivity contribution >= 4 is 40.4 Å². The molecule has 0 aliphatic heterocycles. The van der Waals surface area contributed by atoms with Gasteiger partial charge in [0.2, 0.25) is 5.91 Å². The largest absolute Gasteiger partial charge is 0.467 e. The molecule has 7 heteroatoms. The molecule has 0 bridgehead atoms. The quantitative estimate of drug-likeness (QED) is 0.800. The molecule has 0 saturated heterocycles. The molecular formula is C14H15Cl2NO3S. The Kier molecular flexibility index (Phi) is 6.11. The summed E-state index contributed by atoms with van der Waals surface area (Å²) in [5.41, 5.74) is 0.968. The van der Waals surface area contributed by atoms with Crippen LogP contribution in [0.5, 0.6) is 0 Å². The minimum absolute atomic E-state index is 0.113. The van der Waals surface area contributed by atoms with Crippen LogP contribution in [0, 0.1) is 0 Å². The summed E-state index contributed by atoms with van der Waals surface area (Å²) < 4.78 is 6.38. The molecular weight excluding hydrogens is 333 g/mol. The van der Waals surface area contributed by atoms with Crippen LogP contribution < -0.4 is 5.32 Å². The summed E-state index contributed by atoms with van der Waals surface area (Å²) >= 11 is 13.2. The Morgan fingerprint density at radius 3 is 2.90 bits per heavy atom. The number of furan rings is 1. The normalized spacial score (nSPS) is 12.3. The highest BCUT2D eigenvalue weighted by molar-refractivity contribution is 7.20. The number of halogens is 2. The SMILES string of the molecule is O=C(CCCc1cc(Cl)sc1Cl)NC[C@H](O)c1ccco1. The lowest BCUT2D eigenvalue weighted by Gasteiger charge is -2.09. The minimum atomic E-state index is -0.825. The predicted molar refractivity (Wildman–Crippen MR) is 84.0 cm³/mol. The Morgan fingerprint density at radius 1 is 1.48 bits per heavy atom. The Labute approximate surface area is 136 Å². The molecule has 114 valence electrons. The zero-order valence-electron chi connectivity index (χ0n) is 11.1. The molecule has 21 heavy (non-hydrogen) atoms. The van der Waals surface area contributed by atoms with Crippen LogP contribution >= 0.6 is 34.5 Å². The van der Waals surface area contributed by atoms with Crippen molar-refractivity contribution in [1.82, 2.24) is 5.32 Å². The van der Waals surface area contributed by atoms with Crippen molar-refractivity contribution in [2.45, 2.75) is 25.4 Å². The van der Waals surface area contributed by atoms with E-state index < -0.39 is 6.10 Å². The maximum Gasteiger partial charge on any atom is 0.220 e. The van der Waals surface area contributed by atoms with Gasteiger partial charge in [0.15, 0.2) is 0 Å². The van der Waals surface area contributed by atoms with Gasteiger partial charge in [0.25, 0.3) is 0 Å². The third kappa shape index (κ3) is 5.04. The first-order valence-corrected chi connectivity index (χ1v) is 8.05. The summed E-state index contributed by atoms with van der Waals surface area (Å²) in [4.78, 5) is 11.7. The van der Waals surface area contributed by atoms with Crippen LogP contribution in [0.2, 0.25) is 8.67 Å². The number of amides is 1. The Morgan fingerprint density at radius 2 is 2.29 bits per heavy atom. The standard InChI is InChI=1S/C14H15Cl2NO3S/c15-12-7-9(14(16)21-12)3-1-5-13(19)17-8-10(18)11-4-2-6-20-11/h2,4,6-7,10,18H,1,3,5,8H2,(H,17,19)/t10-/m0/s1. The van der Waals surface area contributed by atoms with Crippen molar-refractivity contribution in [2.75, 3.05) is 6.54 Å². The van der Waals surface area contributed by atoms with Crippen LogP contribution in [0.1, 0.15) is 30.3 Å². The summed E-state index contributed by atoms with van der Waals surface area (Å²) in [6.07, 6.45) is 2.41. The first-order chi connectivity index (χ1) is 10.1. The van der Waals surface area contributed by atoms with E-state index in [2.05, 4.69) is 5.32 Å². The van der Waals surface area contributed by atoms with Crippen LogP contribution in [-0.4, -0.2) is 17.6 Å². The van der Waals surface area contributed by atoms with Crippen molar-refractivity contribution in [3.63, 3.8) is 0 Å². The topological polar surface area (TPSA) is 62.5 Å². The monoisotopic (exact) mass is 347 g/mol. The molecule has 0 radical (unpaired) electrons. The van der Waals surface area contributed by atoms with Crippen molar-refractivity contribution in [1.29, 1.82) is 0 Å². The minimum Gasteiger partial charge on any atom is -0.467 e. The fourth-order valence-corrected chi connectivity index (χ4v) is 3.41. The van der Waals surface area contributed by atoms with Gasteiger partial charge in [-0.05, 0) is 36.6 Å². The van der Waals surface area contributed by atoms with Crippen molar-refractivity contribution < 1.29 is 14.3 Å². The maximum atomic E-state index is 11.7. The first-order valence-electron chi connectivity index (χ1n) is 6.48. The van der Waals surface area contributed by atoms with Gasteiger partial charge >= 0.3 is 0 Å². The first kappa shape index (κ1) is 16.4.